The van der Waals surface area contributed by atoms with Crippen molar-refractivity contribution in [1.29, 1.82) is 0 Å². The number of piperidine rings is 1. The summed E-state index contributed by atoms with van der Waals surface area (Å²) in [4.78, 5) is 36.8. The lowest BCUT2D eigenvalue weighted by Crippen LogP contribution is -2.51. The Morgan fingerprint density at radius 3 is 2.47 bits per heavy atom. The maximum atomic E-state index is 13.3. The standard InChI is InChI=1S/C24H25NO6S/c1-18-10-12-21(13-11-18)32(29,30)25-15-14-20(9-5-6-16-26)22(23(25)27)24(28)31-17-19-7-3-2-4-8-19/h2-8,10-13,16,20,22H,9,14-15,17H2,1H3/b6-5+/t20-,22+/m0/s1. The summed E-state index contributed by atoms with van der Waals surface area (Å²) in [6, 6.07) is 15.2. The Kier molecular flexibility index (Phi) is 7.58. The highest BCUT2D eigenvalue weighted by atomic mass is 32.2. The minimum Gasteiger partial charge on any atom is -0.460 e. The first-order valence-electron chi connectivity index (χ1n) is 10.3. The van der Waals surface area contributed by atoms with E-state index < -0.39 is 33.7 Å². The van der Waals surface area contributed by atoms with Crippen LogP contribution in [0.25, 0.3) is 0 Å². The fraction of sp³-hybridized carbons (Fsp3) is 0.292. The second kappa shape index (κ2) is 10.4. The highest BCUT2D eigenvalue weighted by Gasteiger charge is 2.46. The average molecular weight is 456 g/mol. The molecule has 0 aromatic heterocycles. The number of esters is 1. The number of benzene rings is 2. The molecule has 168 valence electrons. The van der Waals surface area contributed by atoms with Gasteiger partial charge in [0, 0.05) is 6.54 Å². The Labute approximate surface area is 187 Å². The van der Waals surface area contributed by atoms with Crippen LogP contribution in [0.2, 0.25) is 0 Å². The summed E-state index contributed by atoms with van der Waals surface area (Å²) in [6.07, 6.45) is 4.06. The molecule has 32 heavy (non-hydrogen) atoms. The van der Waals surface area contributed by atoms with Crippen LogP contribution in [0.4, 0.5) is 0 Å². The highest BCUT2D eigenvalue weighted by Crippen LogP contribution is 2.33. The summed E-state index contributed by atoms with van der Waals surface area (Å²) < 4.78 is 32.4. The number of carbonyl (C=O) groups is 3. The third-order valence-electron chi connectivity index (χ3n) is 5.43. The van der Waals surface area contributed by atoms with E-state index in [1.807, 2.05) is 13.0 Å². The summed E-state index contributed by atoms with van der Waals surface area (Å²) in [5.41, 5.74) is 1.64. The minimum absolute atomic E-state index is 0.00727. The molecule has 0 bridgehead atoms. The summed E-state index contributed by atoms with van der Waals surface area (Å²) in [5.74, 6) is -3.32. The number of rotatable bonds is 8. The van der Waals surface area contributed by atoms with Crippen molar-refractivity contribution in [3.8, 4) is 0 Å². The van der Waals surface area contributed by atoms with Crippen molar-refractivity contribution in [1.82, 2.24) is 4.31 Å². The fourth-order valence-corrected chi connectivity index (χ4v) is 5.10. The van der Waals surface area contributed by atoms with E-state index in [4.69, 9.17) is 4.74 Å². The number of ether oxygens (including phenoxy) is 1. The van der Waals surface area contributed by atoms with Crippen LogP contribution >= 0.6 is 0 Å². The monoisotopic (exact) mass is 455 g/mol. The SMILES string of the molecule is Cc1ccc(S(=O)(=O)N2CC[C@H](C/C=C/C=O)[C@@H](C(=O)OCc3ccccc3)C2=O)cc1. The van der Waals surface area contributed by atoms with Crippen LogP contribution in [0.5, 0.6) is 0 Å². The fourth-order valence-electron chi connectivity index (χ4n) is 3.67. The molecule has 0 saturated carbocycles. The molecule has 0 radical (unpaired) electrons. The first-order valence-corrected chi connectivity index (χ1v) is 11.7. The Hall–Kier alpha value is -3.26. The van der Waals surface area contributed by atoms with Crippen LogP contribution in [-0.4, -0.2) is 37.4 Å². The lowest BCUT2D eigenvalue weighted by atomic mass is 9.83. The summed E-state index contributed by atoms with van der Waals surface area (Å²) in [5, 5.41) is 0. The van der Waals surface area contributed by atoms with Crippen molar-refractivity contribution in [3.63, 3.8) is 0 Å². The van der Waals surface area contributed by atoms with Gasteiger partial charge >= 0.3 is 5.97 Å². The molecule has 8 heteroatoms. The number of aryl methyl sites for hydroxylation is 1. The molecule has 2 aromatic rings. The zero-order chi connectivity index (χ0) is 23.1. The predicted molar refractivity (Wildman–Crippen MR) is 118 cm³/mol. The van der Waals surface area contributed by atoms with E-state index in [0.717, 1.165) is 15.4 Å². The molecule has 0 spiro atoms. The van der Waals surface area contributed by atoms with Crippen molar-refractivity contribution in [2.75, 3.05) is 6.54 Å². The number of hydrogen-bond acceptors (Lipinski definition) is 6. The molecule has 0 N–H and O–H groups in total. The summed E-state index contributed by atoms with van der Waals surface area (Å²) in [7, 11) is -4.11. The smallest absolute Gasteiger partial charge is 0.319 e. The Balaban J connectivity index is 1.85. The zero-order valence-electron chi connectivity index (χ0n) is 17.7. The van der Waals surface area contributed by atoms with E-state index in [1.54, 1.807) is 42.5 Å². The molecule has 1 aliphatic rings. The highest BCUT2D eigenvalue weighted by molar-refractivity contribution is 7.89. The van der Waals surface area contributed by atoms with Crippen molar-refractivity contribution in [2.24, 2.45) is 11.8 Å². The third kappa shape index (κ3) is 5.31. The molecule has 1 amide bonds. The first kappa shape index (κ1) is 23.4. The van der Waals surface area contributed by atoms with Gasteiger partial charge in [0.15, 0.2) is 0 Å². The largest absolute Gasteiger partial charge is 0.460 e. The molecule has 1 saturated heterocycles. The van der Waals surface area contributed by atoms with E-state index in [9.17, 15) is 22.8 Å². The van der Waals surface area contributed by atoms with Gasteiger partial charge in [-0.1, -0.05) is 54.1 Å². The van der Waals surface area contributed by atoms with Gasteiger partial charge in [-0.2, -0.15) is 0 Å². The molecule has 7 nitrogen and oxygen atoms in total. The van der Waals surface area contributed by atoms with Gasteiger partial charge in [0.05, 0.1) is 4.90 Å². The van der Waals surface area contributed by atoms with Crippen molar-refractivity contribution >= 4 is 28.2 Å². The van der Waals surface area contributed by atoms with Gasteiger partial charge in [0.1, 0.15) is 18.8 Å². The molecule has 0 aliphatic carbocycles. The van der Waals surface area contributed by atoms with E-state index >= 15 is 0 Å². The maximum Gasteiger partial charge on any atom is 0.319 e. The number of allylic oxidation sites excluding steroid dienone is 2. The second-order valence-electron chi connectivity index (χ2n) is 7.65. The number of carbonyl (C=O) groups excluding carboxylic acids is 3. The van der Waals surface area contributed by atoms with Crippen molar-refractivity contribution < 1.29 is 27.5 Å². The van der Waals surface area contributed by atoms with Gasteiger partial charge < -0.3 is 4.74 Å². The molecule has 1 fully saturated rings. The number of hydrogen-bond donors (Lipinski definition) is 0. The van der Waals surface area contributed by atoms with E-state index in [2.05, 4.69) is 0 Å². The molecule has 2 atom stereocenters. The van der Waals surface area contributed by atoms with Crippen LogP contribution in [0, 0.1) is 18.8 Å². The Morgan fingerprint density at radius 1 is 1.12 bits per heavy atom. The van der Waals surface area contributed by atoms with E-state index in [1.165, 1.54) is 18.2 Å². The topological polar surface area (TPSA) is 97.8 Å². The quantitative estimate of drug-likeness (QED) is 0.263. The Bertz CT molecular complexity index is 1090. The van der Waals surface area contributed by atoms with Gasteiger partial charge in [0.25, 0.3) is 15.9 Å². The first-order chi connectivity index (χ1) is 15.3. The lowest BCUT2D eigenvalue weighted by molar-refractivity contribution is -0.160. The number of aldehydes is 1. The van der Waals surface area contributed by atoms with Gasteiger partial charge in [-0.15, -0.1) is 0 Å². The molecular weight excluding hydrogens is 430 g/mol. The van der Waals surface area contributed by atoms with Gasteiger partial charge in [-0.3, -0.25) is 14.4 Å². The summed E-state index contributed by atoms with van der Waals surface area (Å²) >= 11 is 0. The van der Waals surface area contributed by atoms with Gasteiger partial charge in [0.2, 0.25) is 0 Å². The van der Waals surface area contributed by atoms with Gasteiger partial charge in [-0.25, -0.2) is 12.7 Å². The van der Waals surface area contributed by atoms with Crippen LogP contribution in [0.15, 0.2) is 71.6 Å². The molecular formula is C24H25NO6S. The van der Waals surface area contributed by atoms with Crippen LogP contribution in [-0.2, 0) is 35.8 Å². The van der Waals surface area contributed by atoms with E-state index in [-0.39, 0.29) is 30.9 Å². The molecule has 1 aliphatic heterocycles. The van der Waals surface area contributed by atoms with Gasteiger partial charge in [-0.05, 0) is 49.5 Å². The number of amides is 1. The molecule has 2 aromatic carbocycles. The van der Waals surface area contributed by atoms with Crippen molar-refractivity contribution in [3.05, 3.63) is 77.9 Å². The predicted octanol–water partition coefficient (Wildman–Crippen LogP) is 3.04. The summed E-state index contributed by atoms with van der Waals surface area (Å²) in [6.45, 7) is 1.76. The number of nitrogens with zero attached hydrogens (tertiary/aromatic N) is 1. The minimum atomic E-state index is -4.11. The maximum absolute atomic E-state index is 13.3. The van der Waals surface area contributed by atoms with Crippen LogP contribution in [0.3, 0.4) is 0 Å². The van der Waals surface area contributed by atoms with Crippen LogP contribution < -0.4 is 0 Å². The van der Waals surface area contributed by atoms with Crippen molar-refractivity contribution in [2.45, 2.75) is 31.3 Å². The van der Waals surface area contributed by atoms with Crippen LogP contribution in [0.1, 0.15) is 24.0 Å². The van der Waals surface area contributed by atoms with E-state index in [0.29, 0.717) is 6.29 Å². The molecule has 3 rings (SSSR count). The molecule has 0 unspecified atom stereocenters. The third-order valence-corrected chi connectivity index (χ3v) is 7.24. The number of sulfonamides is 1. The molecule has 1 heterocycles. The average Bonchev–Trinajstić information content (AvgIpc) is 2.78. The second-order valence-corrected chi connectivity index (χ2v) is 9.51. The Morgan fingerprint density at radius 2 is 1.81 bits per heavy atom. The zero-order valence-corrected chi connectivity index (χ0v) is 18.5. The lowest BCUT2D eigenvalue weighted by Gasteiger charge is -2.35. The normalized spacial score (nSPS) is 19.2.